The van der Waals surface area contributed by atoms with Crippen molar-refractivity contribution in [3.05, 3.63) is 0 Å². The summed E-state index contributed by atoms with van der Waals surface area (Å²) in [7, 11) is 0. The van der Waals surface area contributed by atoms with Crippen molar-refractivity contribution in [2.24, 2.45) is 5.92 Å². The van der Waals surface area contributed by atoms with Crippen molar-refractivity contribution >= 4 is 5.91 Å². The van der Waals surface area contributed by atoms with Gasteiger partial charge >= 0.3 is 0 Å². The SMILES string of the molecule is O=C(C(CF)CF)N1CCCC1. The van der Waals surface area contributed by atoms with Crippen molar-refractivity contribution in [3.63, 3.8) is 0 Å². The first-order valence-electron chi connectivity index (χ1n) is 4.20. The summed E-state index contributed by atoms with van der Waals surface area (Å²) in [6.07, 6.45) is 1.91. The summed E-state index contributed by atoms with van der Waals surface area (Å²) in [5.41, 5.74) is 0. The highest BCUT2D eigenvalue weighted by Gasteiger charge is 2.26. The van der Waals surface area contributed by atoms with E-state index in [4.69, 9.17) is 0 Å². The molecule has 0 aromatic rings. The summed E-state index contributed by atoms with van der Waals surface area (Å²) in [4.78, 5) is 12.8. The second kappa shape index (κ2) is 4.38. The van der Waals surface area contributed by atoms with Crippen LogP contribution in [-0.2, 0) is 4.79 Å². The van der Waals surface area contributed by atoms with Gasteiger partial charge in [0.25, 0.3) is 0 Å². The predicted octanol–water partition coefficient (Wildman–Crippen LogP) is 1.16. The zero-order valence-electron chi connectivity index (χ0n) is 6.93. The van der Waals surface area contributed by atoms with Crippen molar-refractivity contribution in [2.75, 3.05) is 26.4 Å². The van der Waals surface area contributed by atoms with Crippen LogP contribution in [0.15, 0.2) is 0 Å². The van der Waals surface area contributed by atoms with Gasteiger partial charge in [-0.3, -0.25) is 13.6 Å². The molecule has 1 rings (SSSR count). The van der Waals surface area contributed by atoms with Crippen LogP contribution < -0.4 is 0 Å². The van der Waals surface area contributed by atoms with Crippen LogP contribution in [0.25, 0.3) is 0 Å². The van der Waals surface area contributed by atoms with E-state index in [1.165, 1.54) is 0 Å². The number of rotatable bonds is 3. The number of amides is 1. The van der Waals surface area contributed by atoms with E-state index in [1.807, 2.05) is 0 Å². The van der Waals surface area contributed by atoms with Crippen LogP contribution in [-0.4, -0.2) is 37.2 Å². The van der Waals surface area contributed by atoms with Crippen LogP contribution in [0, 0.1) is 5.92 Å². The van der Waals surface area contributed by atoms with Gasteiger partial charge < -0.3 is 4.90 Å². The smallest absolute Gasteiger partial charge is 0.230 e. The number of hydrogen-bond donors (Lipinski definition) is 0. The topological polar surface area (TPSA) is 20.3 Å². The minimum absolute atomic E-state index is 0.363. The van der Waals surface area contributed by atoms with Crippen molar-refractivity contribution in [2.45, 2.75) is 12.8 Å². The van der Waals surface area contributed by atoms with Crippen LogP contribution >= 0.6 is 0 Å². The van der Waals surface area contributed by atoms with Crippen molar-refractivity contribution in [1.82, 2.24) is 4.90 Å². The van der Waals surface area contributed by atoms with Crippen LogP contribution in [0.1, 0.15) is 12.8 Å². The Morgan fingerprint density at radius 3 is 2.17 bits per heavy atom. The first-order valence-corrected chi connectivity index (χ1v) is 4.20. The Hall–Kier alpha value is -0.670. The van der Waals surface area contributed by atoms with Crippen molar-refractivity contribution in [3.8, 4) is 0 Å². The highest BCUT2D eigenvalue weighted by molar-refractivity contribution is 5.79. The lowest BCUT2D eigenvalue weighted by atomic mass is 10.1. The zero-order chi connectivity index (χ0) is 8.97. The molecule has 0 atom stereocenters. The highest BCUT2D eigenvalue weighted by Crippen LogP contribution is 2.12. The molecule has 1 heterocycles. The van der Waals surface area contributed by atoms with Gasteiger partial charge in [-0.2, -0.15) is 0 Å². The summed E-state index contributed by atoms with van der Waals surface area (Å²) in [6.45, 7) is -0.442. The number of likely N-dealkylation sites (tertiary alicyclic amines) is 1. The van der Waals surface area contributed by atoms with Gasteiger partial charge in [-0.25, -0.2) is 0 Å². The van der Waals surface area contributed by atoms with Crippen molar-refractivity contribution < 1.29 is 13.6 Å². The molecule has 0 aromatic heterocycles. The molecule has 4 heteroatoms. The third-order valence-electron chi connectivity index (χ3n) is 2.14. The molecule has 0 radical (unpaired) electrons. The van der Waals surface area contributed by atoms with Gasteiger partial charge in [0, 0.05) is 13.1 Å². The molecular formula is C8H13F2NO. The molecule has 0 N–H and O–H groups in total. The van der Waals surface area contributed by atoms with Gasteiger partial charge in [-0.05, 0) is 12.8 Å². The molecular weight excluding hydrogens is 164 g/mol. The third kappa shape index (κ3) is 1.93. The van der Waals surface area contributed by atoms with Gasteiger partial charge in [-0.15, -0.1) is 0 Å². The largest absolute Gasteiger partial charge is 0.342 e. The van der Waals surface area contributed by atoms with Crippen LogP contribution in [0.2, 0.25) is 0 Å². The van der Waals surface area contributed by atoms with E-state index in [9.17, 15) is 13.6 Å². The maximum absolute atomic E-state index is 12.1. The average Bonchev–Trinajstić information content (AvgIpc) is 2.58. The van der Waals surface area contributed by atoms with Crippen LogP contribution in [0.4, 0.5) is 8.78 Å². The Morgan fingerprint density at radius 1 is 1.25 bits per heavy atom. The molecule has 0 saturated carbocycles. The summed E-state index contributed by atoms with van der Waals surface area (Å²) in [6, 6.07) is 0. The molecule has 12 heavy (non-hydrogen) atoms. The number of carbonyl (C=O) groups excluding carboxylic acids is 1. The molecule has 0 bridgehead atoms. The highest BCUT2D eigenvalue weighted by atomic mass is 19.1. The van der Waals surface area contributed by atoms with Gasteiger partial charge in [0.2, 0.25) is 5.91 Å². The van der Waals surface area contributed by atoms with E-state index in [0.717, 1.165) is 12.8 Å². The quantitative estimate of drug-likeness (QED) is 0.633. The lowest BCUT2D eigenvalue weighted by Gasteiger charge is -2.18. The first kappa shape index (κ1) is 9.42. The van der Waals surface area contributed by atoms with Gasteiger partial charge in [0.05, 0.1) is 5.92 Å². The maximum Gasteiger partial charge on any atom is 0.230 e. The monoisotopic (exact) mass is 177 g/mol. The first-order chi connectivity index (χ1) is 5.79. The van der Waals surface area contributed by atoms with E-state index in [0.29, 0.717) is 13.1 Å². The minimum atomic E-state index is -1.05. The Bertz CT molecular complexity index is 149. The Kier molecular flexibility index (Phi) is 3.44. The number of nitrogens with zero attached hydrogens (tertiary/aromatic N) is 1. The lowest BCUT2D eigenvalue weighted by Crippen LogP contribution is -2.35. The number of carbonyl (C=O) groups is 1. The molecule has 1 saturated heterocycles. The molecule has 0 aliphatic carbocycles. The fraction of sp³-hybridized carbons (Fsp3) is 0.875. The second-order valence-corrected chi connectivity index (χ2v) is 3.04. The molecule has 0 unspecified atom stereocenters. The Labute approximate surface area is 70.5 Å². The van der Waals surface area contributed by atoms with Gasteiger partial charge in [0.1, 0.15) is 13.3 Å². The van der Waals surface area contributed by atoms with E-state index in [2.05, 4.69) is 0 Å². The van der Waals surface area contributed by atoms with Crippen molar-refractivity contribution in [1.29, 1.82) is 0 Å². The number of hydrogen-bond acceptors (Lipinski definition) is 1. The van der Waals surface area contributed by atoms with Crippen LogP contribution in [0.3, 0.4) is 0 Å². The fourth-order valence-electron chi connectivity index (χ4n) is 1.37. The minimum Gasteiger partial charge on any atom is -0.342 e. The van der Waals surface area contributed by atoms with E-state index < -0.39 is 19.3 Å². The molecule has 0 spiro atoms. The standard InChI is InChI=1S/C8H13F2NO/c9-5-7(6-10)8(12)11-3-1-2-4-11/h7H,1-6H2. The normalized spacial score (nSPS) is 17.4. The lowest BCUT2D eigenvalue weighted by molar-refractivity contribution is -0.135. The Balaban J connectivity index is 2.43. The third-order valence-corrected chi connectivity index (χ3v) is 2.14. The van der Waals surface area contributed by atoms with Gasteiger partial charge in [-0.1, -0.05) is 0 Å². The van der Waals surface area contributed by atoms with E-state index in [1.54, 1.807) is 4.90 Å². The molecule has 70 valence electrons. The zero-order valence-corrected chi connectivity index (χ0v) is 6.93. The number of halogens is 2. The summed E-state index contributed by atoms with van der Waals surface area (Å²) < 4.78 is 24.1. The van der Waals surface area contributed by atoms with Gasteiger partial charge in [0.15, 0.2) is 0 Å². The molecule has 1 aliphatic rings. The van der Waals surface area contributed by atoms with E-state index in [-0.39, 0.29) is 5.91 Å². The molecule has 0 aromatic carbocycles. The Morgan fingerprint density at radius 2 is 1.75 bits per heavy atom. The second-order valence-electron chi connectivity index (χ2n) is 3.04. The predicted molar refractivity (Wildman–Crippen MR) is 41.3 cm³/mol. The molecule has 1 aliphatic heterocycles. The summed E-state index contributed by atoms with van der Waals surface area (Å²) in [5.74, 6) is -1.42. The van der Waals surface area contributed by atoms with E-state index >= 15 is 0 Å². The molecule has 2 nitrogen and oxygen atoms in total. The summed E-state index contributed by atoms with van der Waals surface area (Å²) in [5, 5.41) is 0. The fourth-order valence-corrected chi connectivity index (χ4v) is 1.37. The maximum atomic E-state index is 12.1. The molecule has 1 fully saturated rings. The molecule has 1 amide bonds. The number of alkyl halides is 2. The summed E-state index contributed by atoms with van der Waals surface area (Å²) >= 11 is 0. The van der Waals surface area contributed by atoms with Crippen LogP contribution in [0.5, 0.6) is 0 Å². The average molecular weight is 177 g/mol.